The Morgan fingerprint density at radius 3 is 1.80 bits per heavy atom. The van der Waals surface area contributed by atoms with E-state index in [4.69, 9.17) is 14.4 Å². The van der Waals surface area contributed by atoms with Crippen molar-refractivity contribution in [3.63, 3.8) is 0 Å². The number of furan rings is 1. The average Bonchev–Trinajstić information content (AvgIpc) is 4.04. The molecule has 0 aliphatic carbocycles. The summed E-state index contributed by atoms with van der Waals surface area (Å²) in [6, 6.07) is 77.4. The molecule has 9 aromatic carbocycles. The van der Waals surface area contributed by atoms with E-state index in [1.165, 1.54) is 11.1 Å². The molecule has 2 aromatic heterocycles. The van der Waals surface area contributed by atoms with Crippen molar-refractivity contribution < 1.29 is 4.42 Å². The van der Waals surface area contributed by atoms with Gasteiger partial charge in [-0.1, -0.05) is 176 Å². The Morgan fingerprint density at radius 2 is 1.07 bits per heavy atom. The molecule has 1 aliphatic heterocycles. The Bertz CT molecular complexity index is 3460. The van der Waals surface area contributed by atoms with Crippen LogP contribution in [0.5, 0.6) is 0 Å². The van der Waals surface area contributed by atoms with Crippen LogP contribution in [0.2, 0.25) is 0 Å². The van der Waals surface area contributed by atoms with Crippen LogP contribution >= 0.6 is 0 Å². The van der Waals surface area contributed by atoms with Crippen LogP contribution in [0.15, 0.2) is 228 Å². The number of aromatic nitrogens is 2. The summed E-state index contributed by atoms with van der Waals surface area (Å²) in [6.07, 6.45) is 0. The highest BCUT2D eigenvalue weighted by Crippen LogP contribution is 2.46. The van der Waals surface area contributed by atoms with Gasteiger partial charge in [-0.25, -0.2) is 4.98 Å². The molecule has 0 saturated carbocycles. The van der Waals surface area contributed by atoms with Crippen LogP contribution in [-0.4, -0.2) is 15.3 Å². The Hall–Kier alpha value is -8.08. The third-order valence-electron chi connectivity index (χ3n) is 12.1. The molecule has 4 nitrogen and oxygen atoms in total. The van der Waals surface area contributed by atoms with E-state index in [2.05, 4.69) is 217 Å². The van der Waals surface area contributed by atoms with Gasteiger partial charge in [0.2, 0.25) is 0 Å². The van der Waals surface area contributed by atoms with Crippen molar-refractivity contribution in [2.24, 2.45) is 4.99 Å². The molecule has 0 amide bonds. The first-order valence-corrected chi connectivity index (χ1v) is 20.8. The zero-order valence-electron chi connectivity index (χ0n) is 33.1. The van der Waals surface area contributed by atoms with Crippen molar-refractivity contribution in [1.82, 2.24) is 9.55 Å². The van der Waals surface area contributed by atoms with E-state index in [1.807, 2.05) is 6.07 Å². The lowest BCUT2D eigenvalue weighted by molar-refractivity contribution is 0.670. The largest absolute Gasteiger partial charge is 0.455 e. The number of fused-ring (bicyclic) bond motifs is 5. The molecule has 1 unspecified atom stereocenters. The van der Waals surface area contributed by atoms with E-state index in [0.29, 0.717) is 0 Å². The monoisotopic (exact) mass is 779 g/mol. The summed E-state index contributed by atoms with van der Waals surface area (Å²) >= 11 is 0. The average molecular weight is 780 g/mol. The fourth-order valence-corrected chi connectivity index (χ4v) is 9.21. The second-order valence-corrected chi connectivity index (χ2v) is 15.7. The zero-order chi connectivity index (χ0) is 40.3. The first kappa shape index (κ1) is 34.9. The highest BCUT2D eigenvalue weighted by molar-refractivity contribution is 6.13. The van der Waals surface area contributed by atoms with Crippen LogP contribution in [0.4, 0.5) is 5.69 Å². The number of benzene rings is 9. The van der Waals surface area contributed by atoms with E-state index in [9.17, 15) is 0 Å². The summed E-state index contributed by atoms with van der Waals surface area (Å²) in [7, 11) is 0. The van der Waals surface area contributed by atoms with Gasteiger partial charge in [-0.05, 0) is 87.0 Å². The molecule has 1 aliphatic rings. The van der Waals surface area contributed by atoms with Gasteiger partial charge in [0.1, 0.15) is 17.0 Å². The van der Waals surface area contributed by atoms with Gasteiger partial charge in [0, 0.05) is 27.6 Å². The zero-order valence-corrected chi connectivity index (χ0v) is 33.1. The van der Waals surface area contributed by atoms with Crippen molar-refractivity contribution in [3.05, 3.63) is 235 Å². The van der Waals surface area contributed by atoms with Gasteiger partial charge in [0.15, 0.2) is 0 Å². The summed E-state index contributed by atoms with van der Waals surface area (Å²) in [5.74, 6) is 0.734. The summed E-state index contributed by atoms with van der Waals surface area (Å²) in [4.78, 5) is 10.9. The Morgan fingerprint density at radius 1 is 0.443 bits per heavy atom. The van der Waals surface area contributed by atoms with Crippen molar-refractivity contribution in [2.45, 2.75) is 5.92 Å². The molecule has 0 radical (unpaired) electrons. The van der Waals surface area contributed by atoms with Crippen molar-refractivity contribution >= 4 is 44.4 Å². The summed E-state index contributed by atoms with van der Waals surface area (Å²) in [5, 5.41) is 2.20. The normalized spacial score (nSPS) is 13.5. The second kappa shape index (κ2) is 14.3. The van der Waals surface area contributed by atoms with Crippen molar-refractivity contribution in [3.8, 4) is 50.5 Å². The molecule has 3 heterocycles. The predicted molar refractivity (Wildman–Crippen MR) is 251 cm³/mol. The number of hydrogen-bond acceptors (Lipinski definition) is 3. The Kier molecular flexibility index (Phi) is 8.20. The van der Waals surface area contributed by atoms with Crippen molar-refractivity contribution in [1.29, 1.82) is 0 Å². The molecule has 0 fully saturated rings. The maximum absolute atomic E-state index is 6.71. The third kappa shape index (κ3) is 5.99. The quantitative estimate of drug-likeness (QED) is 0.162. The van der Waals surface area contributed by atoms with Gasteiger partial charge < -0.3 is 4.42 Å². The second-order valence-electron chi connectivity index (χ2n) is 15.7. The molecule has 61 heavy (non-hydrogen) atoms. The number of para-hydroxylation sites is 2. The number of rotatable bonds is 7. The van der Waals surface area contributed by atoms with Crippen LogP contribution in [-0.2, 0) is 0 Å². The lowest BCUT2D eigenvalue weighted by Crippen LogP contribution is -2.12. The summed E-state index contributed by atoms with van der Waals surface area (Å²) in [5.41, 5.74) is 17.9. The molecule has 0 bridgehead atoms. The molecular formula is C57H37N3O. The van der Waals surface area contributed by atoms with Crippen LogP contribution in [0.1, 0.15) is 22.6 Å². The molecule has 0 saturated heterocycles. The van der Waals surface area contributed by atoms with Gasteiger partial charge in [-0.2, -0.15) is 0 Å². The summed E-state index contributed by atoms with van der Waals surface area (Å²) < 4.78 is 9.04. The highest BCUT2D eigenvalue weighted by Gasteiger charge is 2.32. The molecule has 1 atom stereocenters. The van der Waals surface area contributed by atoms with Crippen LogP contribution < -0.4 is 0 Å². The fourth-order valence-electron chi connectivity index (χ4n) is 9.21. The molecule has 0 spiro atoms. The van der Waals surface area contributed by atoms with Crippen molar-refractivity contribution in [2.75, 3.05) is 0 Å². The SMILES string of the molecule is c1ccc(C2=Nc3cc(-c4ccccc4)ccc3C2c2cc(-c3cccc4c3oc3ccccc34)cc(-n3c(-c4ccccc4)nc4cc(-c5ccccc5)ccc43)c2)cc1. The predicted octanol–water partition coefficient (Wildman–Crippen LogP) is 14.9. The molecular weight excluding hydrogens is 743 g/mol. The standard InChI is InChI=1S/C57H37N3O/c1-5-16-37(17-6-1)41-28-30-49-50(35-41)58-55(39-20-9-3-10-21-39)54(49)44-32-43(46-25-15-26-48-47-24-13-14-27-53(47)61-56(46)48)33-45(34-44)60-52-31-29-42(38-18-7-2-8-19-38)36-51(52)59-57(60)40-22-11-4-12-23-40/h1-36,54H. The fraction of sp³-hybridized carbons (Fsp3) is 0.0175. The Labute approximate surface area is 353 Å². The molecule has 12 rings (SSSR count). The third-order valence-corrected chi connectivity index (χ3v) is 12.1. The van der Waals surface area contributed by atoms with Crippen LogP contribution in [0, 0.1) is 0 Å². The van der Waals surface area contributed by atoms with Gasteiger partial charge in [0.25, 0.3) is 0 Å². The van der Waals surface area contributed by atoms with Gasteiger partial charge in [-0.15, -0.1) is 0 Å². The molecule has 0 N–H and O–H groups in total. The number of aliphatic imine (C=N–C) groups is 1. The highest BCUT2D eigenvalue weighted by atomic mass is 16.3. The summed E-state index contributed by atoms with van der Waals surface area (Å²) in [6.45, 7) is 0. The number of hydrogen-bond donors (Lipinski definition) is 0. The smallest absolute Gasteiger partial charge is 0.145 e. The van der Waals surface area contributed by atoms with Gasteiger partial charge >= 0.3 is 0 Å². The number of nitrogens with zero attached hydrogens (tertiary/aromatic N) is 3. The first-order valence-electron chi connectivity index (χ1n) is 20.8. The lowest BCUT2D eigenvalue weighted by atomic mass is 9.83. The van der Waals surface area contributed by atoms with Crippen LogP contribution in [0.25, 0.3) is 83.4 Å². The van der Waals surface area contributed by atoms with E-state index in [1.54, 1.807) is 0 Å². The minimum absolute atomic E-state index is 0.143. The van der Waals surface area contributed by atoms with Gasteiger partial charge in [0.05, 0.1) is 28.4 Å². The first-order chi connectivity index (χ1) is 30.2. The topological polar surface area (TPSA) is 43.3 Å². The molecule has 286 valence electrons. The number of imidazole rings is 1. The van der Waals surface area contributed by atoms with Crippen LogP contribution in [0.3, 0.4) is 0 Å². The van der Waals surface area contributed by atoms with E-state index in [-0.39, 0.29) is 5.92 Å². The maximum atomic E-state index is 6.71. The molecule has 4 heteroatoms. The van der Waals surface area contributed by atoms with Gasteiger partial charge in [-0.3, -0.25) is 9.56 Å². The molecule has 11 aromatic rings. The van der Waals surface area contributed by atoms with E-state index < -0.39 is 0 Å². The minimum atomic E-state index is -0.143. The lowest BCUT2D eigenvalue weighted by Gasteiger charge is -2.20. The Balaban J connectivity index is 1.13. The van der Waals surface area contributed by atoms with E-state index >= 15 is 0 Å². The maximum Gasteiger partial charge on any atom is 0.145 e. The minimum Gasteiger partial charge on any atom is -0.455 e. The van der Waals surface area contributed by atoms with E-state index in [0.717, 1.165) is 100 Å².